The van der Waals surface area contributed by atoms with Crippen LogP contribution < -0.4 is 5.56 Å². The fourth-order valence-electron chi connectivity index (χ4n) is 4.10. The maximum Gasteiger partial charge on any atom is 0.267 e. The van der Waals surface area contributed by atoms with Crippen LogP contribution in [0, 0.1) is 12.8 Å². The highest BCUT2D eigenvalue weighted by Gasteiger charge is 2.25. The van der Waals surface area contributed by atoms with Crippen molar-refractivity contribution in [3.8, 4) is 5.69 Å². The number of thioether (sulfide) groups is 1. The number of para-hydroxylation sites is 1. The predicted octanol–water partition coefficient (Wildman–Crippen LogP) is 6.17. The number of benzene rings is 2. The molecule has 4 aromatic rings. The summed E-state index contributed by atoms with van der Waals surface area (Å²) >= 11 is 3.36. The number of nitrogens with zero attached hydrogens (tertiary/aromatic N) is 2. The number of thiophene rings is 1. The molecular weight excluding hydrogens is 408 g/mol. The van der Waals surface area contributed by atoms with Crippen molar-refractivity contribution >= 4 is 33.3 Å². The van der Waals surface area contributed by atoms with Crippen molar-refractivity contribution in [1.82, 2.24) is 9.55 Å². The summed E-state index contributed by atoms with van der Waals surface area (Å²) in [6.45, 7) is 4.39. The molecule has 1 aliphatic carbocycles. The van der Waals surface area contributed by atoms with Crippen molar-refractivity contribution in [2.75, 3.05) is 0 Å². The highest BCUT2D eigenvalue weighted by Crippen LogP contribution is 2.37. The largest absolute Gasteiger partial charge is 0.268 e. The molecule has 3 nitrogen and oxygen atoms in total. The number of hydrogen-bond donors (Lipinski definition) is 0. The Balaban J connectivity index is 1.64. The molecule has 5 heteroatoms. The zero-order valence-corrected chi connectivity index (χ0v) is 18.9. The summed E-state index contributed by atoms with van der Waals surface area (Å²) in [4.78, 5) is 21.0. The van der Waals surface area contributed by atoms with E-state index in [9.17, 15) is 4.79 Å². The summed E-state index contributed by atoms with van der Waals surface area (Å²) in [5.41, 5.74) is 4.68. The fraction of sp³-hybridized carbons (Fsp3) is 0.280. The van der Waals surface area contributed by atoms with Gasteiger partial charge < -0.3 is 0 Å². The van der Waals surface area contributed by atoms with E-state index in [4.69, 9.17) is 4.98 Å². The molecule has 0 bridgehead atoms. The van der Waals surface area contributed by atoms with Gasteiger partial charge in [-0.15, -0.1) is 11.3 Å². The SMILES string of the molecule is Cc1ccc(CSc2nc3sc4c(c3c(=O)n2-c2ccccc2)CCC(C)C4)cc1. The molecule has 0 aliphatic heterocycles. The number of fused-ring (bicyclic) bond motifs is 3. The van der Waals surface area contributed by atoms with Gasteiger partial charge in [-0.05, 0) is 55.4 Å². The van der Waals surface area contributed by atoms with Crippen molar-refractivity contribution in [3.05, 3.63) is 86.5 Å². The smallest absolute Gasteiger partial charge is 0.267 e. The number of aryl methyl sites for hydroxylation is 2. The van der Waals surface area contributed by atoms with Crippen LogP contribution in [0.15, 0.2) is 64.5 Å². The molecule has 5 rings (SSSR count). The number of aromatic nitrogens is 2. The Morgan fingerprint density at radius 1 is 1.13 bits per heavy atom. The van der Waals surface area contributed by atoms with Gasteiger partial charge in [0, 0.05) is 10.6 Å². The van der Waals surface area contributed by atoms with Crippen LogP contribution in [0.25, 0.3) is 15.9 Å². The standard InChI is InChI=1S/C25H24N2OS2/c1-16-8-11-18(12-9-16)15-29-25-26-23-22(20-13-10-17(2)14-21(20)30-23)24(28)27(25)19-6-4-3-5-7-19/h3-9,11-12,17H,10,13-15H2,1-2H3. The molecule has 2 heterocycles. The third-order valence-corrected chi connectivity index (χ3v) is 7.96. The molecule has 0 N–H and O–H groups in total. The van der Waals surface area contributed by atoms with Crippen LogP contribution in [-0.4, -0.2) is 9.55 Å². The van der Waals surface area contributed by atoms with Gasteiger partial charge in [-0.3, -0.25) is 9.36 Å². The molecule has 152 valence electrons. The molecule has 1 atom stereocenters. The molecule has 0 fully saturated rings. The summed E-state index contributed by atoms with van der Waals surface area (Å²) in [5.74, 6) is 1.46. The lowest BCUT2D eigenvalue weighted by Crippen LogP contribution is -2.22. The second-order valence-electron chi connectivity index (χ2n) is 8.18. The van der Waals surface area contributed by atoms with Crippen molar-refractivity contribution in [3.63, 3.8) is 0 Å². The number of hydrogen-bond acceptors (Lipinski definition) is 4. The molecule has 0 saturated carbocycles. The van der Waals surface area contributed by atoms with Gasteiger partial charge in [0.15, 0.2) is 5.16 Å². The Labute approximate surface area is 184 Å². The highest BCUT2D eigenvalue weighted by molar-refractivity contribution is 7.98. The molecule has 2 aromatic carbocycles. The molecule has 0 saturated heterocycles. The van der Waals surface area contributed by atoms with Crippen LogP contribution in [0.2, 0.25) is 0 Å². The van der Waals surface area contributed by atoms with E-state index in [1.165, 1.54) is 21.6 Å². The van der Waals surface area contributed by atoms with Crippen molar-refractivity contribution in [2.45, 2.75) is 44.0 Å². The van der Waals surface area contributed by atoms with E-state index in [2.05, 4.69) is 38.1 Å². The second kappa shape index (κ2) is 8.05. The average Bonchev–Trinajstić information content (AvgIpc) is 3.11. The van der Waals surface area contributed by atoms with E-state index in [-0.39, 0.29) is 5.56 Å². The zero-order chi connectivity index (χ0) is 20.7. The normalized spacial score (nSPS) is 16.0. The van der Waals surface area contributed by atoms with Gasteiger partial charge in [0.1, 0.15) is 4.83 Å². The third-order valence-electron chi connectivity index (χ3n) is 5.80. The Bertz CT molecular complexity index is 1260. The minimum absolute atomic E-state index is 0.0738. The molecule has 1 aliphatic rings. The van der Waals surface area contributed by atoms with Gasteiger partial charge in [0.25, 0.3) is 5.56 Å². The molecule has 30 heavy (non-hydrogen) atoms. The predicted molar refractivity (Wildman–Crippen MR) is 127 cm³/mol. The maximum absolute atomic E-state index is 13.7. The maximum atomic E-state index is 13.7. The topological polar surface area (TPSA) is 34.9 Å². The van der Waals surface area contributed by atoms with Gasteiger partial charge in [-0.2, -0.15) is 0 Å². The third kappa shape index (κ3) is 3.61. The Hall–Kier alpha value is -2.37. The van der Waals surface area contributed by atoms with Crippen LogP contribution in [0.4, 0.5) is 0 Å². The Morgan fingerprint density at radius 2 is 1.90 bits per heavy atom. The molecule has 0 radical (unpaired) electrons. The van der Waals surface area contributed by atoms with E-state index < -0.39 is 0 Å². The first-order chi connectivity index (χ1) is 14.6. The lowest BCUT2D eigenvalue weighted by molar-refractivity contribution is 0.509. The van der Waals surface area contributed by atoms with Gasteiger partial charge >= 0.3 is 0 Å². The van der Waals surface area contributed by atoms with Gasteiger partial charge in [-0.25, -0.2) is 4.98 Å². The Morgan fingerprint density at radius 3 is 2.67 bits per heavy atom. The van der Waals surface area contributed by atoms with Crippen molar-refractivity contribution in [1.29, 1.82) is 0 Å². The first-order valence-electron chi connectivity index (χ1n) is 10.4. The van der Waals surface area contributed by atoms with Gasteiger partial charge in [0.05, 0.1) is 11.1 Å². The summed E-state index contributed by atoms with van der Waals surface area (Å²) in [7, 11) is 0. The number of rotatable bonds is 4. The zero-order valence-electron chi connectivity index (χ0n) is 17.2. The molecule has 0 spiro atoms. The van der Waals surface area contributed by atoms with Crippen LogP contribution in [0.3, 0.4) is 0 Å². The second-order valence-corrected chi connectivity index (χ2v) is 10.2. The van der Waals surface area contributed by atoms with Gasteiger partial charge in [0.2, 0.25) is 0 Å². The van der Waals surface area contributed by atoms with E-state index in [1.54, 1.807) is 23.1 Å². The fourth-order valence-corrected chi connectivity index (χ4v) is 6.50. The molecule has 1 unspecified atom stereocenters. The Kier molecular flexibility index (Phi) is 5.25. The highest BCUT2D eigenvalue weighted by atomic mass is 32.2. The first-order valence-corrected chi connectivity index (χ1v) is 12.2. The van der Waals surface area contributed by atoms with Crippen molar-refractivity contribution in [2.24, 2.45) is 5.92 Å². The van der Waals surface area contributed by atoms with E-state index in [0.29, 0.717) is 5.92 Å². The average molecular weight is 433 g/mol. The summed E-state index contributed by atoms with van der Waals surface area (Å²) < 4.78 is 1.81. The van der Waals surface area contributed by atoms with E-state index >= 15 is 0 Å². The summed E-state index contributed by atoms with van der Waals surface area (Å²) in [5, 5.41) is 1.61. The van der Waals surface area contributed by atoms with Crippen LogP contribution in [-0.2, 0) is 18.6 Å². The summed E-state index contributed by atoms with van der Waals surface area (Å²) in [6.07, 6.45) is 3.19. The lowest BCUT2D eigenvalue weighted by atomic mass is 9.89. The van der Waals surface area contributed by atoms with E-state index in [0.717, 1.165) is 46.1 Å². The van der Waals surface area contributed by atoms with Crippen LogP contribution >= 0.6 is 23.1 Å². The first kappa shape index (κ1) is 19.6. The lowest BCUT2D eigenvalue weighted by Gasteiger charge is -2.17. The molecular formula is C25H24N2OS2. The minimum atomic E-state index is 0.0738. The minimum Gasteiger partial charge on any atom is -0.268 e. The monoisotopic (exact) mass is 432 g/mol. The van der Waals surface area contributed by atoms with Crippen LogP contribution in [0.1, 0.15) is 34.9 Å². The van der Waals surface area contributed by atoms with Crippen molar-refractivity contribution < 1.29 is 0 Å². The van der Waals surface area contributed by atoms with Gasteiger partial charge in [-0.1, -0.05) is 66.7 Å². The molecule has 0 amide bonds. The van der Waals surface area contributed by atoms with Crippen LogP contribution in [0.5, 0.6) is 0 Å². The summed E-state index contributed by atoms with van der Waals surface area (Å²) in [6, 6.07) is 18.5. The quantitative estimate of drug-likeness (QED) is 0.286. The van der Waals surface area contributed by atoms with E-state index in [1.807, 2.05) is 34.9 Å². The molecule has 2 aromatic heterocycles.